The Labute approximate surface area is 151 Å². The lowest BCUT2D eigenvalue weighted by Gasteiger charge is -2.10. The van der Waals surface area contributed by atoms with Gasteiger partial charge in [0.25, 0.3) is 5.69 Å². The highest BCUT2D eigenvalue weighted by atomic mass is 35.5. The van der Waals surface area contributed by atoms with Gasteiger partial charge in [-0.25, -0.2) is 0 Å². The molecule has 0 amide bonds. The van der Waals surface area contributed by atoms with Gasteiger partial charge in [-0.2, -0.15) is 8.78 Å². The molecular formula is C17H12ClF2NO5. The zero-order valence-electron chi connectivity index (χ0n) is 13.3. The molecule has 0 fully saturated rings. The highest BCUT2D eigenvalue weighted by Crippen LogP contribution is 2.30. The molecule has 0 aromatic heterocycles. The quantitative estimate of drug-likeness (QED) is 0.298. The number of ether oxygens (including phenoxy) is 2. The van der Waals surface area contributed by atoms with Crippen molar-refractivity contribution in [3.8, 4) is 11.5 Å². The maximum absolute atomic E-state index is 12.3. The lowest BCUT2D eigenvalue weighted by Crippen LogP contribution is -2.04. The van der Waals surface area contributed by atoms with Crippen LogP contribution in [-0.2, 0) is 0 Å². The first kappa shape index (κ1) is 19.3. The molecule has 136 valence electrons. The van der Waals surface area contributed by atoms with Crippen LogP contribution in [0, 0.1) is 10.1 Å². The molecule has 0 spiro atoms. The molecule has 0 N–H and O–H groups in total. The minimum absolute atomic E-state index is 0.0159. The van der Waals surface area contributed by atoms with Gasteiger partial charge in [0.05, 0.1) is 12.0 Å². The lowest BCUT2D eigenvalue weighted by molar-refractivity contribution is -0.384. The first-order valence-electron chi connectivity index (χ1n) is 7.11. The van der Waals surface area contributed by atoms with E-state index in [1.807, 2.05) is 0 Å². The first-order valence-corrected chi connectivity index (χ1v) is 7.49. The van der Waals surface area contributed by atoms with Crippen LogP contribution in [0.3, 0.4) is 0 Å². The second kappa shape index (κ2) is 8.39. The fraction of sp³-hybridized carbons (Fsp3) is 0.118. The zero-order valence-corrected chi connectivity index (χ0v) is 14.1. The summed E-state index contributed by atoms with van der Waals surface area (Å²) in [6, 6.07) is 7.85. The molecule has 2 aromatic rings. The van der Waals surface area contributed by atoms with Gasteiger partial charge in [0.1, 0.15) is 5.02 Å². The summed E-state index contributed by atoms with van der Waals surface area (Å²) in [7, 11) is 1.25. The smallest absolute Gasteiger partial charge is 0.387 e. The zero-order chi connectivity index (χ0) is 19.3. The van der Waals surface area contributed by atoms with Crippen molar-refractivity contribution >= 4 is 29.1 Å². The molecule has 2 aromatic carbocycles. The Morgan fingerprint density at radius 2 is 1.96 bits per heavy atom. The van der Waals surface area contributed by atoms with E-state index < -0.39 is 17.3 Å². The molecule has 6 nitrogen and oxygen atoms in total. The largest absolute Gasteiger partial charge is 0.493 e. The fourth-order valence-electron chi connectivity index (χ4n) is 2.06. The Kier molecular flexibility index (Phi) is 6.24. The number of halogens is 3. The number of hydrogen-bond acceptors (Lipinski definition) is 5. The number of ketones is 1. The maximum Gasteiger partial charge on any atom is 0.387 e. The van der Waals surface area contributed by atoms with Crippen LogP contribution in [0.5, 0.6) is 11.5 Å². The normalized spacial score (nSPS) is 11.0. The van der Waals surface area contributed by atoms with Gasteiger partial charge in [0, 0.05) is 11.6 Å². The van der Waals surface area contributed by atoms with E-state index in [1.165, 1.54) is 55.7 Å². The molecular weight excluding hydrogens is 372 g/mol. The molecule has 0 aliphatic carbocycles. The van der Waals surface area contributed by atoms with Crippen molar-refractivity contribution in [2.75, 3.05) is 7.11 Å². The third kappa shape index (κ3) is 4.76. The van der Waals surface area contributed by atoms with E-state index in [0.717, 1.165) is 0 Å². The van der Waals surface area contributed by atoms with Crippen LogP contribution in [-0.4, -0.2) is 24.4 Å². The molecule has 2 rings (SSSR count). The number of methoxy groups -OCH3 is 1. The Morgan fingerprint density at radius 1 is 1.23 bits per heavy atom. The van der Waals surface area contributed by atoms with Crippen molar-refractivity contribution < 1.29 is 28.0 Å². The standard InChI is InChI=1S/C17H12ClF2NO5/c1-25-16-9-11(4-7-15(16)26-17(19)20)14(22)6-3-10-2-5-12(18)13(8-10)21(23)24/h2-9,17H,1H3/b6-3+. The van der Waals surface area contributed by atoms with E-state index >= 15 is 0 Å². The molecule has 0 aliphatic heterocycles. The number of alkyl halides is 2. The molecule has 0 radical (unpaired) electrons. The van der Waals surface area contributed by atoms with Crippen LogP contribution in [0.15, 0.2) is 42.5 Å². The molecule has 0 aliphatic rings. The Bertz CT molecular complexity index is 870. The summed E-state index contributed by atoms with van der Waals surface area (Å²) in [6.07, 6.45) is 2.57. The van der Waals surface area contributed by atoms with Crippen molar-refractivity contribution in [1.82, 2.24) is 0 Å². The Balaban J connectivity index is 2.23. The predicted molar refractivity (Wildman–Crippen MR) is 91.1 cm³/mol. The third-order valence-electron chi connectivity index (χ3n) is 3.26. The summed E-state index contributed by atoms with van der Waals surface area (Å²) in [4.78, 5) is 22.4. The van der Waals surface area contributed by atoms with E-state index in [1.54, 1.807) is 0 Å². The third-order valence-corrected chi connectivity index (χ3v) is 3.58. The van der Waals surface area contributed by atoms with Gasteiger partial charge < -0.3 is 9.47 Å². The van der Waals surface area contributed by atoms with Crippen molar-refractivity contribution in [3.63, 3.8) is 0 Å². The number of nitrogens with zero attached hydrogens (tertiary/aromatic N) is 1. The molecule has 0 atom stereocenters. The number of nitro benzene ring substituents is 1. The van der Waals surface area contributed by atoms with E-state index in [4.69, 9.17) is 16.3 Å². The fourth-order valence-corrected chi connectivity index (χ4v) is 2.24. The monoisotopic (exact) mass is 383 g/mol. The van der Waals surface area contributed by atoms with E-state index in [0.29, 0.717) is 5.56 Å². The number of benzene rings is 2. The van der Waals surface area contributed by atoms with Gasteiger partial charge in [-0.1, -0.05) is 23.7 Å². The summed E-state index contributed by atoms with van der Waals surface area (Å²) >= 11 is 5.72. The molecule has 0 saturated heterocycles. The summed E-state index contributed by atoms with van der Waals surface area (Å²) in [5.41, 5.74) is 0.290. The Morgan fingerprint density at radius 3 is 2.58 bits per heavy atom. The van der Waals surface area contributed by atoms with Crippen LogP contribution in [0.2, 0.25) is 5.02 Å². The van der Waals surface area contributed by atoms with Crippen LogP contribution in [0.25, 0.3) is 6.08 Å². The SMILES string of the molecule is COc1cc(C(=O)/C=C/c2ccc(Cl)c([N+](=O)[O-])c2)ccc1OC(F)F. The number of allylic oxidation sites excluding steroid dienone is 1. The van der Waals surface area contributed by atoms with Crippen LogP contribution in [0.1, 0.15) is 15.9 Å². The van der Waals surface area contributed by atoms with Crippen LogP contribution in [0.4, 0.5) is 14.5 Å². The van der Waals surface area contributed by atoms with Crippen LogP contribution >= 0.6 is 11.6 Å². The number of rotatable bonds is 7. The highest BCUT2D eigenvalue weighted by molar-refractivity contribution is 6.32. The first-order chi connectivity index (χ1) is 12.3. The summed E-state index contributed by atoms with van der Waals surface area (Å²) in [6.45, 7) is -3.02. The summed E-state index contributed by atoms with van der Waals surface area (Å²) < 4.78 is 33.8. The average molecular weight is 384 g/mol. The minimum Gasteiger partial charge on any atom is -0.493 e. The molecule has 0 unspecified atom stereocenters. The van der Waals surface area contributed by atoms with Gasteiger partial charge in [-0.05, 0) is 35.9 Å². The second-order valence-corrected chi connectivity index (χ2v) is 5.32. The van der Waals surface area contributed by atoms with Gasteiger partial charge >= 0.3 is 6.61 Å². The lowest BCUT2D eigenvalue weighted by atomic mass is 10.1. The molecule has 26 heavy (non-hydrogen) atoms. The van der Waals surface area contributed by atoms with Crippen molar-refractivity contribution in [1.29, 1.82) is 0 Å². The number of carbonyl (C=O) groups excluding carboxylic acids is 1. The molecule has 0 bridgehead atoms. The van der Waals surface area contributed by atoms with Gasteiger partial charge in [-0.3, -0.25) is 14.9 Å². The maximum atomic E-state index is 12.3. The van der Waals surface area contributed by atoms with E-state index in [9.17, 15) is 23.7 Å². The summed E-state index contributed by atoms with van der Waals surface area (Å²) in [5.74, 6) is -0.674. The van der Waals surface area contributed by atoms with E-state index in [2.05, 4.69) is 4.74 Å². The summed E-state index contributed by atoms with van der Waals surface area (Å²) in [5, 5.41) is 10.8. The van der Waals surface area contributed by atoms with Crippen molar-refractivity contribution in [2.45, 2.75) is 6.61 Å². The van der Waals surface area contributed by atoms with Crippen molar-refractivity contribution in [2.24, 2.45) is 0 Å². The highest BCUT2D eigenvalue weighted by Gasteiger charge is 2.14. The van der Waals surface area contributed by atoms with E-state index in [-0.39, 0.29) is 27.8 Å². The molecule has 0 saturated carbocycles. The number of carbonyl (C=O) groups is 1. The van der Waals surface area contributed by atoms with Gasteiger partial charge in [0.2, 0.25) is 0 Å². The average Bonchev–Trinajstić information content (AvgIpc) is 2.60. The number of nitro groups is 1. The second-order valence-electron chi connectivity index (χ2n) is 4.91. The number of hydrogen-bond donors (Lipinski definition) is 0. The van der Waals surface area contributed by atoms with Gasteiger partial charge in [-0.15, -0.1) is 0 Å². The minimum atomic E-state index is -3.02. The van der Waals surface area contributed by atoms with Gasteiger partial charge in [0.15, 0.2) is 17.3 Å². The molecule has 9 heteroatoms. The predicted octanol–water partition coefficient (Wildman–Crippen LogP) is 4.75. The molecule has 0 heterocycles. The Hall–Kier alpha value is -3.00. The topological polar surface area (TPSA) is 78.7 Å². The van der Waals surface area contributed by atoms with Crippen LogP contribution < -0.4 is 9.47 Å². The van der Waals surface area contributed by atoms with Crippen molar-refractivity contribution in [3.05, 3.63) is 68.7 Å².